The number of piperidine rings is 2. The highest BCUT2D eigenvalue weighted by Gasteiger charge is 2.24. The van der Waals surface area contributed by atoms with Crippen LogP contribution in [0.15, 0.2) is 65.2 Å². The van der Waals surface area contributed by atoms with Crippen LogP contribution in [-0.2, 0) is 14.4 Å². The summed E-state index contributed by atoms with van der Waals surface area (Å²) < 4.78 is 0. The van der Waals surface area contributed by atoms with Gasteiger partial charge >= 0.3 is 5.97 Å². The average Bonchev–Trinajstić information content (AvgIpc) is 2.89. The number of allylic oxidation sites excluding steroid dienone is 5. The topological polar surface area (TPSA) is 112 Å². The van der Waals surface area contributed by atoms with Crippen LogP contribution in [-0.4, -0.2) is 59.0 Å². The predicted octanol–water partition coefficient (Wildman–Crippen LogP) is 4.23. The first kappa shape index (κ1) is 29.8. The lowest BCUT2D eigenvalue weighted by molar-refractivity contribution is -0.137. The Balaban J connectivity index is 0.000000700. The van der Waals surface area contributed by atoms with Crippen molar-refractivity contribution in [2.24, 2.45) is 5.92 Å². The van der Waals surface area contributed by atoms with E-state index in [9.17, 15) is 14.4 Å². The third kappa shape index (κ3) is 11.9. The maximum absolute atomic E-state index is 12.3. The van der Waals surface area contributed by atoms with E-state index in [1.54, 1.807) is 17.3 Å². The summed E-state index contributed by atoms with van der Waals surface area (Å²) in [6, 6.07) is 5.72. The van der Waals surface area contributed by atoms with Crippen molar-refractivity contribution in [3.05, 3.63) is 65.2 Å². The van der Waals surface area contributed by atoms with Gasteiger partial charge in [-0.3, -0.25) is 19.4 Å². The number of hydrogen-bond donors (Lipinski definition) is 3. The molecule has 3 rings (SSSR count). The van der Waals surface area contributed by atoms with Crippen molar-refractivity contribution in [3.8, 4) is 0 Å². The molecule has 8 nitrogen and oxygen atoms in total. The maximum Gasteiger partial charge on any atom is 0.305 e. The van der Waals surface area contributed by atoms with Gasteiger partial charge in [0.05, 0.1) is 6.42 Å². The Labute approximate surface area is 220 Å². The molecule has 0 aliphatic carbocycles. The van der Waals surface area contributed by atoms with Crippen LogP contribution in [0.1, 0.15) is 65.7 Å². The molecule has 0 saturated carbocycles. The molecule has 202 valence electrons. The number of likely N-dealkylation sites (tertiary alicyclic amines) is 1. The zero-order valence-corrected chi connectivity index (χ0v) is 22.5. The number of aliphatic carboxylic acids is 1. The first-order valence-electron chi connectivity index (χ1n) is 13.2. The lowest BCUT2D eigenvalue weighted by Gasteiger charge is -2.32. The van der Waals surface area contributed by atoms with E-state index >= 15 is 0 Å². The van der Waals surface area contributed by atoms with Crippen LogP contribution in [0.2, 0.25) is 0 Å². The van der Waals surface area contributed by atoms with Crippen LogP contribution >= 0.6 is 0 Å². The number of carboxylic acids is 1. The third-order valence-electron chi connectivity index (χ3n) is 6.43. The van der Waals surface area contributed by atoms with E-state index in [0.717, 1.165) is 32.2 Å². The largest absolute Gasteiger partial charge is 0.481 e. The Morgan fingerprint density at radius 2 is 1.84 bits per heavy atom. The highest BCUT2D eigenvalue weighted by Crippen LogP contribution is 2.26. The molecule has 1 aromatic rings. The predicted molar refractivity (Wildman–Crippen MR) is 145 cm³/mol. The molecule has 0 bridgehead atoms. The monoisotopic (exact) mass is 510 g/mol. The highest BCUT2D eigenvalue weighted by molar-refractivity contribution is 5.97. The van der Waals surface area contributed by atoms with Crippen molar-refractivity contribution >= 4 is 17.8 Å². The number of nitrogens with one attached hydrogen (secondary N) is 2. The van der Waals surface area contributed by atoms with E-state index in [0.29, 0.717) is 19.0 Å². The van der Waals surface area contributed by atoms with Crippen molar-refractivity contribution in [2.75, 3.05) is 26.2 Å². The standard InChI is InChI=1S/C24H37N3O4.C5H5N/c1-17(2)24-20(5-4-11-26-24)7-6-18(3)15-19-9-13-27(14-10-19)22(29)16-21(28)25-12-8-23(30)31;1-2-4-6-5-3-1/h6-7,19,26H,4-5,8-16H2,1-3H3,(H,25,28)(H,30,31);1-5H/b18-6+,20-7-;. The van der Waals surface area contributed by atoms with Crippen molar-refractivity contribution in [2.45, 2.75) is 65.7 Å². The first-order valence-corrected chi connectivity index (χ1v) is 13.2. The van der Waals surface area contributed by atoms with Gasteiger partial charge < -0.3 is 20.6 Å². The lowest BCUT2D eigenvalue weighted by atomic mass is 9.90. The number of carbonyl (C=O) groups is 3. The summed E-state index contributed by atoms with van der Waals surface area (Å²) in [5.41, 5.74) is 5.35. The number of carboxylic acid groups (broad SMARTS) is 1. The quantitative estimate of drug-likeness (QED) is 0.452. The van der Waals surface area contributed by atoms with Crippen LogP contribution in [0.5, 0.6) is 0 Å². The van der Waals surface area contributed by atoms with E-state index in [2.05, 4.69) is 48.5 Å². The molecule has 0 atom stereocenters. The fraction of sp³-hybridized carbons (Fsp3) is 0.517. The zero-order valence-electron chi connectivity index (χ0n) is 22.5. The number of hydrogen-bond acceptors (Lipinski definition) is 5. The molecular weight excluding hydrogens is 468 g/mol. The lowest BCUT2D eigenvalue weighted by Crippen LogP contribution is -2.41. The zero-order chi connectivity index (χ0) is 27.0. The fourth-order valence-corrected chi connectivity index (χ4v) is 4.48. The van der Waals surface area contributed by atoms with E-state index in [-0.39, 0.29) is 25.3 Å². The second-order valence-electron chi connectivity index (χ2n) is 9.83. The number of amides is 2. The normalized spacial score (nSPS) is 17.4. The van der Waals surface area contributed by atoms with Crippen LogP contribution < -0.4 is 10.6 Å². The Morgan fingerprint density at radius 3 is 2.41 bits per heavy atom. The summed E-state index contributed by atoms with van der Waals surface area (Å²) in [6.07, 6.45) is 12.8. The van der Waals surface area contributed by atoms with E-state index in [4.69, 9.17) is 5.11 Å². The molecule has 0 spiro atoms. The van der Waals surface area contributed by atoms with Gasteiger partial charge in [-0.25, -0.2) is 0 Å². The van der Waals surface area contributed by atoms with Gasteiger partial charge in [0.2, 0.25) is 11.8 Å². The van der Waals surface area contributed by atoms with E-state index < -0.39 is 11.9 Å². The minimum Gasteiger partial charge on any atom is -0.481 e. The van der Waals surface area contributed by atoms with Gasteiger partial charge in [0.15, 0.2) is 0 Å². The molecule has 2 aliphatic heterocycles. The van der Waals surface area contributed by atoms with E-state index in [1.807, 2.05) is 18.2 Å². The highest BCUT2D eigenvalue weighted by atomic mass is 16.4. The molecule has 37 heavy (non-hydrogen) atoms. The Hall–Kier alpha value is -3.42. The Kier molecular flexibility index (Phi) is 13.2. The van der Waals surface area contributed by atoms with Crippen LogP contribution in [0.25, 0.3) is 0 Å². The molecule has 0 radical (unpaired) electrons. The van der Waals surface area contributed by atoms with Crippen molar-refractivity contribution in [1.29, 1.82) is 0 Å². The number of nitrogens with zero attached hydrogens (tertiary/aromatic N) is 2. The molecule has 8 heteroatoms. The molecule has 0 aromatic carbocycles. The molecular formula is C29H42N4O4. The minimum atomic E-state index is -0.970. The molecule has 3 heterocycles. The van der Waals surface area contributed by atoms with Crippen LogP contribution in [0, 0.1) is 5.92 Å². The molecule has 0 unspecified atom stereocenters. The summed E-state index contributed by atoms with van der Waals surface area (Å²) in [5.74, 6) is -1.01. The first-order chi connectivity index (χ1) is 17.8. The Morgan fingerprint density at radius 1 is 1.14 bits per heavy atom. The molecule has 2 fully saturated rings. The van der Waals surface area contributed by atoms with Crippen molar-refractivity contribution in [1.82, 2.24) is 20.5 Å². The molecule has 2 saturated heterocycles. The molecule has 1 aromatic heterocycles. The van der Waals surface area contributed by atoms with Crippen molar-refractivity contribution < 1.29 is 19.5 Å². The molecule has 3 N–H and O–H groups in total. The van der Waals surface area contributed by atoms with Gasteiger partial charge in [-0.2, -0.15) is 0 Å². The smallest absolute Gasteiger partial charge is 0.305 e. The van der Waals surface area contributed by atoms with Gasteiger partial charge in [0.25, 0.3) is 0 Å². The minimum absolute atomic E-state index is 0.0520. The summed E-state index contributed by atoms with van der Waals surface area (Å²) in [7, 11) is 0. The summed E-state index contributed by atoms with van der Waals surface area (Å²) in [6.45, 7) is 8.91. The number of pyridine rings is 1. The van der Waals surface area contributed by atoms with Gasteiger partial charge in [-0.15, -0.1) is 0 Å². The number of carbonyl (C=O) groups excluding carboxylic acids is 2. The third-order valence-corrected chi connectivity index (χ3v) is 6.43. The molecule has 2 amide bonds. The Bertz CT molecular complexity index is 946. The summed E-state index contributed by atoms with van der Waals surface area (Å²) in [5, 5.41) is 14.6. The van der Waals surface area contributed by atoms with E-state index in [1.165, 1.54) is 28.8 Å². The summed E-state index contributed by atoms with van der Waals surface area (Å²) >= 11 is 0. The van der Waals surface area contributed by atoms with Crippen LogP contribution in [0.3, 0.4) is 0 Å². The SMILES string of the molecule is CC(C)=C1NCCC/C1=C/C=C(\C)CC1CCN(C(=O)CC(=O)NCCC(=O)O)CC1.c1ccncc1. The number of rotatable bonds is 8. The van der Waals surface area contributed by atoms with Crippen molar-refractivity contribution in [3.63, 3.8) is 0 Å². The van der Waals surface area contributed by atoms with Gasteiger partial charge in [0.1, 0.15) is 6.42 Å². The second-order valence-corrected chi connectivity index (χ2v) is 9.83. The molecule has 2 aliphatic rings. The fourth-order valence-electron chi connectivity index (χ4n) is 4.48. The maximum atomic E-state index is 12.3. The number of aromatic nitrogens is 1. The van der Waals surface area contributed by atoms with Gasteiger partial charge in [-0.1, -0.05) is 29.4 Å². The second kappa shape index (κ2) is 16.3. The summed E-state index contributed by atoms with van der Waals surface area (Å²) in [4.78, 5) is 40.1. The van der Waals surface area contributed by atoms with Crippen LogP contribution in [0.4, 0.5) is 0 Å². The van der Waals surface area contributed by atoms with Gasteiger partial charge in [0, 0.05) is 44.3 Å². The van der Waals surface area contributed by atoms with Gasteiger partial charge in [-0.05, 0) is 76.5 Å². The average molecular weight is 511 g/mol.